The molecule has 3 aromatic carbocycles. The number of hydrogen-bond acceptors (Lipinski definition) is 8. The molecule has 12 heteroatoms. The zero-order valence-electron chi connectivity index (χ0n) is 17.7. The van der Waals surface area contributed by atoms with Crippen molar-refractivity contribution < 1.29 is 27.1 Å². The van der Waals surface area contributed by atoms with Gasteiger partial charge in [0.2, 0.25) is 5.91 Å². The fourth-order valence-corrected chi connectivity index (χ4v) is 3.68. The molecule has 0 aromatic heterocycles. The molecule has 3 rings (SSSR count). The quantitative estimate of drug-likeness (QED) is 0.216. The highest BCUT2D eigenvalue weighted by molar-refractivity contribution is 7.87. The number of hydrogen-bond donors (Lipinski definition) is 2. The van der Waals surface area contributed by atoms with Gasteiger partial charge < -0.3 is 9.50 Å². The molecule has 2 amide bonds. The summed E-state index contributed by atoms with van der Waals surface area (Å²) in [5.41, 5.74) is 2.69. The number of hydrazone groups is 1. The summed E-state index contributed by atoms with van der Waals surface area (Å²) in [6.45, 7) is 1.33. The van der Waals surface area contributed by atoms with Crippen molar-refractivity contribution in [2.24, 2.45) is 5.10 Å². The average molecular weight is 482 g/mol. The largest absolute Gasteiger partial charge is 0.378 e. The highest BCUT2D eigenvalue weighted by Gasteiger charge is 2.18. The Hall–Kier alpha value is -4.58. The van der Waals surface area contributed by atoms with Gasteiger partial charge in [-0.3, -0.25) is 19.7 Å². The van der Waals surface area contributed by atoms with Gasteiger partial charge in [0.05, 0.1) is 11.1 Å². The van der Waals surface area contributed by atoms with E-state index >= 15 is 0 Å². The molecule has 3 aromatic rings. The first-order valence-corrected chi connectivity index (χ1v) is 11.1. The van der Waals surface area contributed by atoms with Gasteiger partial charge in [0, 0.05) is 35.9 Å². The van der Waals surface area contributed by atoms with E-state index in [2.05, 4.69) is 15.8 Å². The lowest BCUT2D eigenvalue weighted by atomic mass is 10.2. The van der Waals surface area contributed by atoms with Gasteiger partial charge in [-0.2, -0.15) is 13.5 Å². The second kappa shape index (κ2) is 10.4. The second-order valence-electron chi connectivity index (χ2n) is 6.79. The van der Waals surface area contributed by atoms with E-state index in [0.717, 1.165) is 6.07 Å². The Morgan fingerprint density at radius 2 is 1.74 bits per heavy atom. The predicted octanol–water partition coefficient (Wildman–Crippen LogP) is 3.08. The van der Waals surface area contributed by atoms with Crippen LogP contribution in [0.2, 0.25) is 0 Å². The number of para-hydroxylation sites is 1. The number of rotatable bonds is 8. The van der Waals surface area contributed by atoms with E-state index in [1.807, 2.05) is 0 Å². The minimum atomic E-state index is -4.20. The first-order valence-electron chi connectivity index (χ1n) is 9.65. The number of nitrogens with one attached hydrogen (secondary N) is 2. The van der Waals surface area contributed by atoms with Gasteiger partial charge >= 0.3 is 10.1 Å². The third-order valence-electron chi connectivity index (χ3n) is 4.27. The lowest BCUT2D eigenvalue weighted by Crippen LogP contribution is -2.18. The zero-order chi connectivity index (χ0) is 24.7. The van der Waals surface area contributed by atoms with E-state index < -0.39 is 20.9 Å². The number of nitro benzene ring substituents is 1. The van der Waals surface area contributed by atoms with Gasteiger partial charge in [0.1, 0.15) is 4.90 Å². The normalized spacial score (nSPS) is 11.1. The lowest BCUT2D eigenvalue weighted by Gasteiger charge is -2.10. The Morgan fingerprint density at radius 3 is 2.41 bits per heavy atom. The predicted molar refractivity (Wildman–Crippen MR) is 123 cm³/mol. The van der Waals surface area contributed by atoms with Crippen molar-refractivity contribution in [3.05, 3.63) is 94.0 Å². The molecule has 0 radical (unpaired) electrons. The summed E-state index contributed by atoms with van der Waals surface area (Å²) in [5.74, 6) is -1.02. The van der Waals surface area contributed by atoms with Gasteiger partial charge in [-0.25, -0.2) is 5.43 Å². The lowest BCUT2D eigenvalue weighted by molar-refractivity contribution is -0.384. The summed E-state index contributed by atoms with van der Waals surface area (Å²) in [6.07, 6.45) is 1.18. The van der Waals surface area contributed by atoms with Crippen LogP contribution >= 0.6 is 0 Å². The Morgan fingerprint density at radius 1 is 1.03 bits per heavy atom. The number of nitro groups is 1. The number of carbonyl (C=O) groups is 2. The number of non-ortho nitro benzene ring substituents is 1. The Bertz CT molecular complexity index is 1370. The Balaban J connectivity index is 1.73. The Labute approximate surface area is 194 Å². The van der Waals surface area contributed by atoms with Gasteiger partial charge in [0.15, 0.2) is 5.75 Å². The highest BCUT2D eigenvalue weighted by atomic mass is 32.2. The molecule has 0 atom stereocenters. The van der Waals surface area contributed by atoms with Crippen LogP contribution in [0.1, 0.15) is 22.8 Å². The fourth-order valence-electron chi connectivity index (χ4n) is 2.72. The number of anilines is 1. The van der Waals surface area contributed by atoms with Crippen LogP contribution in [0, 0.1) is 10.1 Å². The van der Waals surface area contributed by atoms with Gasteiger partial charge in [-0.05, 0) is 42.5 Å². The molecular formula is C22H18N4O7S. The summed E-state index contributed by atoms with van der Waals surface area (Å²) < 4.78 is 30.6. The molecule has 0 unspecified atom stereocenters. The van der Waals surface area contributed by atoms with Crippen LogP contribution in [0.25, 0.3) is 0 Å². The third-order valence-corrected chi connectivity index (χ3v) is 5.52. The number of nitrogens with zero attached hydrogens (tertiary/aromatic N) is 2. The standard InChI is InChI=1S/C22H18N4O7S/c1-15(27)24-18-9-11-20(12-10-18)34(31,32)33-21-8-3-2-5-17(21)14-23-25-22(28)16-6-4-7-19(13-16)26(29)30/h2-14H,1H3,(H,24,27)(H,25,28)/b23-14-. The molecule has 0 aliphatic rings. The van der Waals surface area contributed by atoms with E-state index in [9.17, 15) is 28.1 Å². The van der Waals surface area contributed by atoms with Crippen LogP contribution in [0.4, 0.5) is 11.4 Å². The smallest absolute Gasteiger partial charge is 0.339 e. The van der Waals surface area contributed by atoms with Crippen LogP contribution in [-0.4, -0.2) is 31.4 Å². The molecule has 0 aliphatic heterocycles. The summed E-state index contributed by atoms with van der Waals surface area (Å²) in [4.78, 5) is 33.4. The van der Waals surface area contributed by atoms with E-state index in [1.165, 1.54) is 67.7 Å². The maximum absolute atomic E-state index is 12.7. The topological polar surface area (TPSA) is 157 Å². The van der Waals surface area contributed by atoms with Crippen molar-refractivity contribution in [3.8, 4) is 5.75 Å². The van der Waals surface area contributed by atoms with Gasteiger partial charge in [-0.1, -0.05) is 18.2 Å². The van der Waals surface area contributed by atoms with E-state index in [0.29, 0.717) is 5.69 Å². The first kappa shape index (κ1) is 24.1. The minimum Gasteiger partial charge on any atom is -0.378 e. The van der Waals surface area contributed by atoms with Crippen molar-refractivity contribution in [2.75, 3.05) is 5.32 Å². The number of amides is 2. The Kier molecular flexibility index (Phi) is 7.33. The monoisotopic (exact) mass is 482 g/mol. The third kappa shape index (κ3) is 6.23. The summed E-state index contributed by atoms with van der Waals surface area (Å²) in [7, 11) is -4.20. The van der Waals surface area contributed by atoms with Gasteiger partial charge in [-0.15, -0.1) is 0 Å². The van der Waals surface area contributed by atoms with E-state index in [4.69, 9.17) is 4.18 Å². The molecule has 2 N–H and O–H groups in total. The van der Waals surface area contributed by atoms with E-state index in [1.54, 1.807) is 12.1 Å². The maximum Gasteiger partial charge on any atom is 0.339 e. The number of carbonyl (C=O) groups excluding carboxylic acids is 2. The highest BCUT2D eigenvalue weighted by Crippen LogP contribution is 2.23. The molecule has 0 saturated heterocycles. The van der Waals surface area contributed by atoms with Crippen molar-refractivity contribution in [1.29, 1.82) is 0 Å². The van der Waals surface area contributed by atoms with Crippen molar-refractivity contribution in [3.63, 3.8) is 0 Å². The molecule has 11 nitrogen and oxygen atoms in total. The van der Waals surface area contributed by atoms with Crippen LogP contribution in [0.5, 0.6) is 5.75 Å². The first-order chi connectivity index (χ1) is 16.2. The SMILES string of the molecule is CC(=O)Nc1ccc(S(=O)(=O)Oc2ccccc2/C=N\NC(=O)c2cccc([N+](=O)[O-])c2)cc1. The van der Waals surface area contributed by atoms with E-state index in [-0.39, 0.29) is 33.4 Å². The number of benzene rings is 3. The molecule has 0 fully saturated rings. The van der Waals surface area contributed by atoms with Crippen LogP contribution < -0.4 is 14.9 Å². The van der Waals surface area contributed by atoms with Crippen molar-refractivity contribution >= 4 is 39.5 Å². The summed E-state index contributed by atoms with van der Waals surface area (Å²) in [6, 6.07) is 16.6. The molecule has 0 aliphatic carbocycles. The van der Waals surface area contributed by atoms with Gasteiger partial charge in [0.25, 0.3) is 11.6 Å². The molecule has 0 spiro atoms. The van der Waals surface area contributed by atoms with Crippen molar-refractivity contribution in [1.82, 2.24) is 5.43 Å². The van der Waals surface area contributed by atoms with Crippen LogP contribution in [0.15, 0.2) is 82.8 Å². The summed E-state index contributed by atoms with van der Waals surface area (Å²) >= 11 is 0. The molecule has 174 valence electrons. The fraction of sp³-hybridized carbons (Fsp3) is 0.0455. The summed E-state index contributed by atoms with van der Waals surface area (Å²) in [5, 5.41) is 17.2. The molecule has 0 bridgehead atoms. The van der Waals surface area contributed by atoms with Crippen LogP contribution in [-0.2, 0) is 14.9 Å². The molecule has 0 heterocycles. The molecule has 0 saturated carbocycles. The van der Waals surface area contributed by atoms with Crippen molar-refractivity contribution in [2.45, 2.75) is 11.8 Å². The average Bonchev–Trinajstić information content (AvgIpc) is 2.80. The van der Waals surface area contributed by atoms with Crippen LogP contribution in [0.3, 0.4) is 0 Å². The molecular weight excluding hydrogens is 464 g/mol. The molecule has 34 heavy (non-hydrogen) atoms. The second-order valence-corrected chi connectivity index (χ2v) is 8.33. The maximum atomic E-state index is 12.7. The minimum absolute atomic E-state index is 0.0289. The zero-order valence-corrected chi connectivity index (χ0v) is 18.5.